The zero-order chi connectivity index (χ0) is 12.5. The number of ether oxygens (including phenoxy) is 1. The van der Waals surface area contributed by atoms with E-state index in [0.29, 0.717) is 12.1 Å². The summed E-state index contributed by atoms with van der Waals surface area (Å²) in [7, 11) is 0. The highest BCUT2D eigenvalue weighted by Gasteiger charge is 2.09. The number of hydrogen-bond donors (Lipinski definition) is 1. The fourth-order valence-electron chi connectivity index (χ4n) is 1.48. The van der Waals surface area contributed by atoms with Gasteiger partial charge >= 0.3 is 0 Å². The molecule has 0 amide bonds. The minimum absolute atomic E-state index is 0.304. The van der Waals surface area contributed by atoms with Gasteiger partial charge in [0.15, 0.2) is 0 Å². The lowest BCUT2D eigenvalue weighted by Crippen LogP contribution is -2.36. The normalized spacial score (nSPS) is 12.9. The molecule has 0 fully saturated rings. The van der Waals surface area contributed by atoms with Crippen LogP contribution in [-0.4, -0.2) is 31.1 Å². The van der Waals surface area contributed by atoms with E-state index in [4.69, 9.17) is 4.74 Å². The number of likely N-dealkylation sites (N-methyl/N-ethyl adjacent to an activating group) is 1. The van der Waals surface area contributed by atoms with Gasteiger partial charge in [-0.15, -0.1) is 11.8 Å². The maximum absolute atomic E-state index is 5.67. The molecule has 1 aromatic rings. The average molecular weight is 253 g/mol. The van der Waals surface area contributed by atoms with Crippen LogP contribution in [0.25, 0.3) is 0 Å². The first-order valence-corrected chi connectivity index (χ1v) is 7.23. The molecular weight excluding hydrogens is 230 g/mol. The van der Waals surface area contributed by atoms with Crippen molar-refractivity contribution in [1.29, 1.82) is 0 Å². The van der Waals surface area contributed by atoms with E-state index in [9.17, 15) is 0 Å². The fourth-order valence-corrected chi connectivity index (χ4v) is 2.43. The second-order valence-electron chi connectivity index (χ2n) is 4.26. The maximum atomic E-state index is 5.67. The zero-order valence-electron chi connectivity index (χ0n) is 11.0. The Labute approximate surface area is 109 Å². The number of rotatable bonds is 8. The molecule has 0 aliphatic rings. The summed E-state index contributed by atoms with van der Waals surface area (Å²) in [5, 5.41) is 3.46. The predicted octanol–water partition coefficient (Wildman–Crippen LogP) is 3.18. The first-order valence-electron chi connectivity index (χ1n) is 6.25. The van der Waals surface area contributed by atoms with Gasteiger partial charge in [0.2, 0.25) is 0 Å². The van der Waals surface area contributed by atoms with E-state index in [1.807, 2.05) is 17.8 Å². The highest BCUT2D eigenvalue weighted by Crippen LogP contribution is 2.18. The number of benzene rings is 1. The topological polar surface area (TPSA) is 21.3 Å². The number of thioether (sulfide) groups is 1. The smallest absolute Gasteiger partial charge is 0.0631 e. The molecule has 0 aliphatic heterocycles. The SMILES string of the molecule is CCNC(COC(C)C)CSc1ccccc1. The molecule has 96 valence electrons. The Morgan fingerprint density at radius 3 is 2.53 bits per heavy atom. The van der Waals surface area contributed by atoms with E-state index < -0.39 is 0 Å². The van der Waals surface area contributed by atoms with E-state index in [-0.39, 0.29) is 0 Å². The molecule has 2 nitrogen and oxygen atoms in total. The molecule has 0 aliphatic carbocycles. The number of nitrogens with one attached hydrogen (secondary N) is 1. The Hall–Kier alpha value is -0.510. The van der Waals surface area contributed by atoms with Crippen LogP contribution >= 0.6 is 11.8 Å². The van der Waals surface area contributed by atoms with Gasteiger partial charge in [-0.2, -0.15) is 0 Å². The molecule has 0 spiro atoms. The Kier molecular flexibility index (Phi) is 7.33. The summed E-state index contributed by atoms with van der Waals surface area (Å²) in [5.41, 5.74) is 0. The molecule has 3 heteroatoms. The van der Waals surface area contributed by atoms with Crippen molar-refractivity contribution in [2.75, 3.05) is 18.9 Å². The van der Waals surface area contributed by atoms with Gasteiger partial charge in [0, 0.05) is 16.7 Å². The van der Waals surface area contributed by atoms with Crippen LogP contribution in [0.2, 0.25) is 0 Å². The van der Waals surface area contributed by atoms with Crippen LogP contribution in [0.1, 0.15) is 20.8 Å². The van der Waals surface area contributed by atoms with E-state index in [0.717, 1.165) is 18.9 Å². The van der Waals surface area contributed by atoms with Crippen LogP contribution < -0.4 is 5.32 Å². The van der Waals surface area contributed by atoms with Crippen LogP contribution in [0.5, 0.6) is 0 Å². The van der Waals surface area contributed by atoms with Crippen LogP contribution in [0.3, 0.4) is 0 Å². The molecule has 0 saturated heterocycles. The van der Waals surface area contributed by atoms with Gasteiger partial charge in [-0.1, -0.05) is 25.1 Å². The van der Waals surface area contributed by atoms with E-state index in [2.05, 4.69) is 50.4 Å². The van der Waals surface area contributed by atoms with Crippen LogP contribution in [0, 0.1) is 0 Å². The predicted molar refractivity (Wildman–Crippen MR) is 75.7 cm³/mol. The van der Waals surface area contributed by atoms with Crippen molar-refractivity contribution in [2.45, 2.75) is 37.8 Å². The minimum Gasteiger partial charge on any atom is -0.377 e. The third-order valence-electron chi connectivity index (χ3n) is 2.32. The molecule has 0 saturated carbocycles. The summed E-state index contributed by atoms with van der Waals surface area (Å²) in [4.78, 5) is 1.32. The summed E-state index contributed by atoms with van der Waals surface area (Å²) < 4.78 is 5.67. The monoisotopic (exact) mass is 253 g/mol. The number of hydrogen-bond acceptors (Lipinski definition) is 3. The van der Waals surface area contributed by atoms with Crippen molar-refractivity contribution in [1.82, 2.24) is 5.32 Å². The summed E-state index contributed by atoms with van der Waals surface area (Å²) in [5.74, 6) is 1.05. The van der Waals surface area contributed by atoms with Gasteiger partial charge in [-0.05, 0) is 32.5 Å². The van der Waals surface area contributed by atoms with Gasteiger partial charge in [0.05, 0.1) is 12.7 Å². The molecule has 17 heavy (non-hydrogen) atoms. The summed E-state index contributed by atoms with van der Waals surface area (Å²) in [6.07, 6.45) is 0.304. The van der Waals surface area contributed by atoms with Crippen LogP contribution in [0.4, 0.5) is 0 Å². The van der Waals surface area contributed by atoms with E-state index in [1.54, 1.807) is 0 Å². The largest absolute Gasteiger partial charge is 0.377 e. The van der Waals surface area contributed by atoms with Crippen molar-refractivity contribution in [3.05, 3.63) is 30.3 Å². The molecule has 0 radical (unpaired) electrons. The van der Waals surface area contributed by atoms with Crippen molar-refractivity contribution >= 4 is 11.8 Å². The molecule has 1 rings (SSSR count). The van der Waals surface area contributed by atoms with Crippen molar-refractivity contribution in [3.63, 3.8) is 0 Å². The fraction of sp³-hybridized carbons (Fsp3) is 0.571. The lowest BCUT2D eigenvalue weighted by atomic mass is 10.3. The minimum atomic E-state index is 0.304. The van der Waals surface area contributed by atoms with Crippen LogP contribution in [-0.2, 0) is 4.74 Å². The molecule has 1 atom stereocenters. The Bertz CT molecular complexity index is 290. The van der Waals surface area contributed by atoms with E-state index in [1.165, 1.54) is 4.90 Å². The first-order chi connectivity index (χ1) is 8.22. The van der Waals surface area contributed by atoms with Crippen molar-refractivity contribution < 1.29 is 4.74 Å². The molecule has 0 aromatic heterocycles. The van der Waals surface area contributed by atoms with Crippen molar-refractivity contribution in [3.8, 4) is 0 Å². The quantitative estimate of drug-likeness (QED) is 0.719. The molecule has 1 aromatic carbocycles. The molecule has 0 heterocycles. The second-order valence-corrected chi connectivity index (χ2v) is 5.35. The van der Waals surface area contributed by atoms with Gasteiger partial charge in [-0.3, -0.25) is 0 Å². The Balaban J connectivity index is 2.33. The third-order valence-corrected chi connectivity index (χ3v) is 3.49. The standard InChI is InChI=1S/C14H23NOS/c1-4-15-13(10-16-12(2)3)11-17-14-8-6-5-7-9-14/h5-9,12-13,15H,4,10-11H2,1-3H3. The van der Waals surface area contributed by atoms with Crippen LogP contribution in [0.15, 0.2) is 35.2 Å². The first kappa shape index (κ1) is 14.6. The second kappa shape index (κ2) is 8.56. The lowest BCUT2D eigenvalue weighted by Gasteiger charge is -2.19. The summed E-state index contributed by atoms with van der Waals surface area (Å²) >= 11 is 1.88. The molecular formula is C14H23NOS. The summed E-state index contributed by atoms with van der Waals surface area (Å²) in [6, 6.07) is 10.9. The maximum Gasteiger partial charge on any atom is 0.0631 e. The zero-order valence-corrected chi connectivity index (χ0v) is 11.8. The van der Waals surface area contributed by atoms with Gasteiger partial charge in [0.1, 0.15) is 0 Å². The molecule has 1 N–H and O–H groups in total. The highest BCUT2D eigenvalue weighted by atomic mass is 32.2. The summed E-state index contributed by atoms with van der Waals surface area (Å²) in [6.45, 7) is 8.06. The Morgan fingerprint density at radius 1 is 1.24 bits per heavy atom. The molecule has 0 bridgehead atoms. The van der Waals surface area contributed by atoms with Gasteiger partial charge in [-0.25, -0.2) is 0 Å². The molecule has 1 unspecified atom stereocenters. The Morgan fingerprint density at radius 2 is 1.94 bits per heavy atom. The van der Waals surface area contributed by atoms with Crippen molar-refractivity contribution in [2.24, 2.45) is 0 Å². The van der Waals surface area contributed by atoms with Gasteiger partial charge in [0.25, 0.3) is 0 Å². The lowest BCUT2D eigenvalue weighted by molar-refractivity contribution is 0.0658. The third kappa shape index (κ3) is 6.71. The van der Waals surface area contributed by atoms with Gasteiger partial charge < -0.3 is 10.1 Å². The average Bonchev–Trinajstić information content (AvgIpc) is 2.34. The van der Waals surface area contributed by atoms with E-state index >= 15 is 0 Å². The highest BCUT2D eigenvalue weighted by molar-refractivity contribution is 7.99.